The maximum atomic E-state index is 11.3. The van der Waals surface area contributed by atoms with Crippen LogP contribution < -0.4 is 5.32 Å². The molecular weight excluding hydrogens is 272 g/mol. The first-order valence-electron chi connectivity index (χ1n) is 6.36. The lowest BCUT2D eigenvalue weighted by Crippen LogP contribution is -2.11. The minimum atomic E-state index is -1.02. The van der Waals surface area contributed by atoms with E-state index in [1.54, 1.807) is 0 Å². The van der Waals surface area contributed by atoms with Crippen LogP contribution in [0.2, 0.25) is 0 Å². The van der Waals surface area contributed by atoms with Gasteiger partial charge in [-0.3, -0.25) is 4.98 Å². The largest absolute Gasteiger partial charge is 0.478 e. The summed E-state index contributed by atoms with van der Waals surface area (Å²) in [5, 5.41) is 16.7. The number of aromatic nitrogens is 3. The van der Waals surface area contributed by atoms with E-state index in [9.17, 15) is 9.90 Å². The molecule has 0 spiro atoms. The molecule has 7 nitrogen and oxygen atoms in total. The minimum absolute atomic E-state index is 0.138. The zero-order valence-electron chi connectivity index (χ0n) is 11.0. The predicted octanol–water partition coefficient (Wildman–Crippen LogP) is 1.97. The molecule has 1 aromatic carbocycles. The Bertz CT molecular complexity index is 771. The van der Waals surface area contributed by atoms with E-state index >= 15 is 0 Å². The standard InChI is InChI=1S/C14H12N4O3/c19-14(20)10-7-16-11-4-2-1-3-9(11)13(10)15-6-5-12-17-8-18-21-12/h1-4,7-8H,5-6H2,(H,15,16)(H,19,20). The van der Waals surface area contributed by atoms with Crippen molar-refractivity contribution in [1.29, 1.82) is 0 Å². The van der Waals surface area contributed by atoms with Gasteiger partial charge in [0.15, 0.2) is 6.33 Å². The summed E-state index contributed by atoms with van der Waals surface area (Å²) < 4.78 is 4.91. The average Bonchev–Trinajstić information content (AvgIpc) is 3.00. The van der Waals surface area contributed by atoms with Crippen molar-refractivity contribution in [3.63, 3.8) is 0 Å². The normalized spacial score (nSPS) is 10.7. The van der Waals surface area contributed by atoms with Gasteiger partial charge in [0, 0.05) is 24.5 Å². The number of anilines is 1. The van der Waals surface area contributed by atoms with Crippen molar-refractivity contribution in [1.82, 2.24) is 15.1 Å². The van der Waals surface area contributed by atoms with Crippen LogP contribution in [-0.2, 0) is 6.42 Å². The molecule has 0 radical (unpaired) electrons. The summed E-state index contributed by atoms with van der Waals surface area (Å²) >= 11 is 0. The molecule has 2 heterocycles. The molecule has 0 amide bonds. The third-order valence-corrected chi connectivity index (χ3v) is 3.05. The molecule has 3 aromatic rings. The molecule has 0 aliphatic rings. The van der Waals surface area contributed by atoms with E-state index in [0.717, 1.165) is 10.9 Å². The van der Waals surface area contributed by atoms with E-state index in [1.165, 1.54) is 12.5 Å². The third kappa shape index (κ3) is 2.66. The number of carboxylic acids is 1. The molecule has 0 saturated heterocycles. The Labute approximate surface area is 119 Å². The molecule has 0 aliphatic carbocycles. The molecule has 21 heavy (non-hydrogen) atoms. The first-order valence-corrected chi connectivity index (χ1v) is 6.36. The van der Waals surface area contributed by atoms with Crippen LogP contribution in [0, 0.1) is 0 Å². The number of carbonyl (C=O) groups is 1. The van der Waals surface area contributed by atoms with Gasteiger partial charge in [-0.2, -0.15) is 4.98 Å². The van der Waals surface area contributed by atoms with Crippen LogP contribution in [0.3, 0.4) is 0 Å². The number of hydrogen-bond acceptors (Lipinski definition) is 6. The van der Waals surface area contributed by atoms with Crippen LogP contribution in [0.1, 0.15) is 16.2 Å². The highest BCUT2D eigenvalue weighted by Crippen LogP contribution is 2.25. The highest BCUT2D eigenvalue weighted by atomic mass is 16.5. The average molecular weight is 284 g/mol. The number of rotatable bonds is 5. The van der Waals surface area contributed by atoms with Gasteiger partial charge in [0.1, 0.15) is 5.56 Å². The molecular formula is C14H12N4O3. The predicted molar refractivity (Wildman–Crippen MR) is 75.2 cm³/mol. The third-order valence-electron chi connectivity index (χ3n) is 3.05. The fourth-order valence-electron chi connectivity index (χ4n) is 2.09. The SMILES string of the molecule is O=C(O)c1cnc2ccccc2c1NCCc1ncno1. The Morgan fingerprint density at radius 2 is 2.14 bits per heavy atom. The first-order chi connectivity index (χ1) is 10.3. The molecule has 0 saturated carbocycles. The second kappa shape index (κ2) is 5.58. The van der Waals surface area contributed by atoms with Gasteiger partial charge in [-0.05, 0) is 6.07 Å². The fourth-order valence-corrected chi connectivity index (χ4v) is 2.09. The van der Waals surface area contributed by atoms with Crippen LogP contribution >= 0.6 is 0 Å². The van der Waals surface area contributed by atoms with E-state index in [0.29, 0.717) is 24.5 Å². The Balaban J connectivity index is 1.90. The Morgan fingerprint density at radius 3 is 2.90 bits per heavy atom. The van der Waals surface area contributed by atoms with Gasteiger partial charge in [-0.1, -0.05) is 23.4 Å². The van der Waals surface area contributed by atoms with Gasteiger partial charge < -0.3 is 14.9 Å². The number of benzene rings is 1. The topological polar surface area (TPSA) is 101 Å². The smallest absolute Gasteiger partial charge is 0.339 e. The number of pyridine rings is 1. The van der Waals surface area contributed by atoms with Crippen molar-refractivity contribution >= 4 is 22.6 Å². The Kier molecular flexibility index (Phi) is 3.46. The maximum absolute atomic E-state index is 11.3. The van der Waals surface area contributed by atoms with Gasteiger partial charge in [-0.15, -0.1) is 0 Å². The number of nitrogens with one attached hydrogen (secondary N) is 1. The van der Waals surface area contributed by atoms with Crippen molar-refractivity contribution in [3.8, 4) is 0 Å². The number of hydrogen-bond donors (Lipinski definition) is 2. The van der Waals surface area contributed by atoms with Gasteiger partial charge in [-0.25, -0.2) is 4.79 Å². The zero-order chi connectivity index (χ0) is 14.7. The molecule has 2 aromatic heterocycles. The van der Waals surface area contributed by atoms with Crippen molar-refractivity contribution in [2.45, 2.75) is 6.42 Å². The summed E-state index contributed by atoms with van der Waals surface area (Å²) in [7, 11) is 0. The molecule has 7 heteroatoms. The second-order valence-electron chi connectivity index (χ2n) is 4.38. The number of carboxylic acid groups (broad SMARTS) is 1. The van der Waals surface area contributed by atoms with Crippen LogP contribution in [0.25, 0.3) is 10.9 Å². The molecule has 0 bridgehead atoms. The molecule has 2 N–H and O–H groups in total. The van der Waals surface area contributed by atoms with Crippen molar-refractivity contribution in [3.05, 3.63) is 48.2 Å². The summed E-state index contributed by atoms with van der Waals surface area (Å²) in [6.07, 6.45) is 3.20. The molecule has 106 valence electrons. The lowest BCUT2D eigenvalue weighted by molar-refractivity contribution is 0.0697. The number of nitrogens with zero attached hydrogens (tertiary/aromatic N) is 3. The highest BCUT2D eigenvalue weighted by molar-refractivity contribution is 6.04. The van der Waals surface area contributed by atoms with Crippen molar-refractivity contribution in [2.75, 3.05) is 11.9 Å². The van der Waals surface area contributed by atoms with Crippen LogP contribution in [0.5, 0.6) is 0 Å². The molecule has 3 rings (SSSR count). The van der Waals surface area contributed by atoms with E-state index in [2.05, 4.69) is 20.4 Å². The fraction of sp³-hybridized carbons (Fsp3) is 0.143. The van der Waals surface area contributed by atoms with Gasteiger partial charge in [0.2, 0.25) is 5.89 Å². The van der Waals surface area contributed by atoms with Crippen LogP contribution in [0.15, 0.2) is 41.3 Å². The molecule has 0 unspecified atom stereocenters. The summed E-state index contributed by atoms with van der Waals surface area (Å²) in [4.78, 5) is 19.4. The van der Waals surface area contributed by atoms with Gasteiger partial charge in [0.05, 0.1) is 11.2 Å². The van der Waals surface area contributed by atoms with E-state index < -0.39 is 5.97 Å². The lowest BCUT2D eigenvalue weighted by Gasteiger charge is -2.11. The van der Waals surface area contributed by atoms with E-state index in [1.807, 2.05) is 24.3 Å². The monoisotopic (exact) mass is 284 g/mol. The second-order valence-corrected chi connectivity index (χ2v) is 4.38. The molecule has 0 atom stereocenters. The summed E-state index contributed by atoms with van der Waals surface area (Å²) in [5.74, 6) is -0.522. The van der Waals surface area contributed by atoms with E-state index in [-0.39, 0.29) is 5.56 Å². The van der Waals surface area contributed by atoms with Gasteiger partial charge >= 0.3 is 5.97 Å². The molecule has 0 aliphatic heterocycles. The highest BCUT2D eigenvalue weighted by Gasteiger charge is 2.14. The number of para-hydroxylation sites is 1. The zero-order valence-corrected chi connectivity index (χ0v) is 11.0. The Morgan fingerprint density at radius 1 is 1.29 bits per heavy atom. The van der Waals surface area contributed by atoms with Gasteiger partial charge in [0.25, 0.3) is 0 Å². The Hall–Kier alpha value is -2.96. The lowest BCUT2D eigenvalue weighted by atomic mass is 10.1. The molecule has 0 fully saturated rings. The summed E-state index contributed by atoms with van der Waals surface area (Å²) in [6.45, 7) is 0.483. The number of aromatic carboxylic acids is 1. The first kappa shape index (κ1) is 13.0. The summed E-state index contributed by atoms with van der Waals surface area (Å²) in [6, 6.07) is 7.38. The van der Waals surface area contributed by atoms with Crippen molar-refractivity contribution in [2.24, 2.45) is 0 Å². The van der Waals surface area contributed by atoms with Crippen LogP contribution in [-0.4, -0.2) is 32.7 Å². The quantitative estimate of drug-likeness (QED) is 0.738. The van der Waals surface area contributed by atoms with Crippen LogP contribution in [0.4, 0.5) is 5.69 Å². The van der Waals surface area contributed by atoms with Crippen molar-refractivity contribution < 1.29 is 14.4 Å². The summed E-state index contributed by atoms with van der Waals surface area (Å²) in [5.41, 5.74) is 1.43. The maximum Gasteiger partial charge on any atom is 0.339 e. The van der Waals surface area contributed by atoms with E-state index in [4.69, 9.17) is 4.52 Å². The minimum Gasteiger partial charge on any atom is -0.478 e. The number of fused-ring (bicyclic) bond motifs is 1.